The first kappa shape index (κ1) is 18.5. The number of carboxylic acids is 1. The van der Waals surface area contributed by atoms with Crippen LogP contribution in [-0.2, 0) is 6.54 Å². The zero-order chi connectivity index (χ0) is 20.5. The minimum absolute atomic E-state index is 0.0289. The highest BCUT2D eigenvalue weighted by molar-refractivity contribution is 5.99. The molecule has 0 saturated carbocycles. The number of hydrogen-bond donors (Lipinski definition) is 2. The second kappa shape index (κ2) is 7.28. The lowest BCUT2D eigenvalue weighted by Crippen LogP contribution is -2.02. The number of carboxylic acid groups (broad SMARTS) is 1. The van der Waals surface area contributed by atoms with E-state index in [1.165, 1.54) is 18.2 Å². The van der Waals surface area contributed by atoms with E-state index in [1.54, 1.807) is 28.8 Å². The van der Waals surface area contributed by atoms with Crippen LogP contribution in [0, 0.1) is 5.82 Å². The number of rotatable bonds is 5. The Bertz CT molecular complexity index is 1240. The number of aromatic hydroxyl groups is 1. The van der Waals surface area contributed by atoms with Crippen molar-refractivity contribution in [3.8, 4) is 5.88 Å². The summed E-state index contributed by atoms with van der Waals surface area (Å²) in [6.07, 6.45) is 0. The molecule has 3 aromatic carbocycles. The first-order valence-electron chi connectivity index (χ1n) is 9.03. The molecule has 0 atom stereocenters. The van der Waals surface area contributed by atoms with Gasteiger partial charge in [-0.15, -0.1) is 0 Å². The molecule has 0 amide bonds. The minimum Gasteiger partial charge on any atom is -0.494 e. The quantitative estimate of drug-likeness (QED) is 0.489. The third-order valence-corrected chi connectivity index (χ3v) is 4.95. The summed E-state index contributed by atoms with van der Waals surface area (Å²) in [5.41, 5.74) is 3.59. The van der Waals surface area contributed by atoms with E-state index < -0.39 is 5.97 Å². The number of fused-ring (bicyclic) bond motifs is 1. The summed E-state index contributed by atoms with van der Waals surface area (Å²) < 4.78 is 15.0. The Labute approximate surface area is 166 Å². The van der Waals surface area contributed by atoms with Crippen molar-refractivity contribution in [2.75, 3.05) is 0 Å². The van der Waals surface area contributed by atoms with Gasteiger partial charge in [0.25, 0.3) is 0 Å². The van der Waals surface area contributed by atoms with Crippen LogP contribution in [0.2, 0.25) is 0 Å². The molecule has 0 aliphatic rings. The molecule has 4 aromatic rings. The van der Waals surface area contributed by atoms with Crippen molar-refractivity contribution in [2.24, 2.45) is 0 Å². The molecule has 0 aliphatic heterocycles. The van der Waals surface area contributed by atoms with Crippen LogP contribution < -0.4 is 0 Å². The Morgan fingerprint density at radius 1 is 0.966 bits per heavy atom. The van der Waals surface area contributed by atoms with Gasteiger partial charge in [0.05, 0.1) is 23.2 Å². The first-order valence-corrected chi connectivity index (χ1v) is 9.03. The van der Waals surface area contributed by atoms with Gasteiger partial charge in [0.1, 0.15) is 5.82 Å². The summed E-state index contributed by atoms with van der Waals surface area (Å²) in [5, 5.41) is 21.1. The Morgan fingerprint density at radius 2 is 1.69 bits per heavy atom. The lowest BCUT2D eigenvalue weighted by Gasteiger charge is -2.09. The molecule has 1 aromatic heterocycles. The average Bonchev–Trinajstić information content (AvgIpc) is 3.00. The van der Waals surface area contributed by atoms with Crippen LogP contribution >= 0.6 is 0 Å². The number of benzene rings is 3. The molecule has 0 bridgehead atoms. The smallest absolute Gasteiger partial charge is 0.335 e. The monoisotopic (exact) mass is 387 g/mol. The predicted octanol–water partition coefficient (Wildman–Crippen LogP) is 5.29. The molecule has 0 spiro atoms. The molecule has 1 heterocycles. The molecule has 4 nitrogen and oxygen atoms in total. The SMILES string of the molecule is C=C(c1ccc(F)cc1)c1c(O)n(Cc2cccc(C(=O)O)c2)c2ccccc12. The molecular formula is C24H18FNO3. The normalized spacial score (nSPS) is 10.9. The van der Waals surface area contributed by atoms with Gasteiger partial charge in [0, 0.05) is 5.39 Å². The summed E-state index contributed by atoms with van der Waals surface area (Å²) in [6.45, 7) is 4.42. The van der Waals surface area contributed by atoms with E-state index in [1.807, 2.05) is 30.3 Å². The predicted molar refractivity (Wildman–Crippen MR) is 111 cm³/mol. The van der Waals surface area contributed by atoms with Crippen LogP contribution in [0.4, 0.5) is 4.39 Å². The minimum atomic E-state index is -1.00. The highest BCUT2D eigenvalue weighted by atomic mass is 19.1. The van der Waals surface area contributed by atoms with Gasteiger partial charge in [-0.3, -0.25) is 0 Å². The van der Waals surface area contributed by atoms with Gasteiger partial charge in [0.2, 0.25) is 0 Å². The molecule has 5 heteroatoms. The first-order chi connectivity index (χ1) is 14.0. The topological polar surface area (TPSA) is 62.5 Å². The highest BCUT2D eigenvalue weighted by Gasteiger charge is 2.20. The second-order valence-corrected chi connectivity index (χ2v) is 6.79. The zero-order valence-electron chi connectivity index (χ0n) is 15.5. The van der Waals surface area contributed by atoms with E-state index in [4.69, 9.17) is 0 Å². The van der Waals surface area contributed by atoms with Crippen LogP contribution in [0.1, 0.15) is 27.0 Å². The Kier molecular flexibility index (Phi) is 4.64. The molecule has 0 aliphatic carbocycles. The molecule has 0 unspecified atom stereocenters. The van der Waals surface area contributed by atoms with E-state index in [9.17, 15) is 19.4 Å². The maximum absolute atomic E-state index is 13.3. The molecule has 4 rings (SSSR count). The van der Waals surface area contributed by atoms with E-state index in [0.29, 0.717) is 23.2 Å². The largest absolute Gasteiger partial charge is 0.494 e. The highest BCUT2D eigenvalue weighted by Crippen LogP contribution is 2.38. The van der Waals surface area contributed by atoms with E-state index in [2.05, 4.69) is 6.58 Å². The molecule has 0 saturated heterocycles. The van der Waals surface area contributed by atoms with Crippen LogP contribution in [0.3, 0.4) is 0 Å². The fourth-order valence-corrected chi connectivity index (χ4v) is 3.53. The van der Waals surface area contributed by atoms with Gasteiger partial charge in [-0.2, -0.15) is 0 Å². The van der Waals surface area contributed by atoms with Crippen LogP contribution in [0.15, 0.2) is 79.4 Å². The number of halogens is 1. The van der Waals surface area contributed by atoms with E-state index >= 15 is 0 Å². The average molecular weight is 387 g/mol. The maximum Gasteiger partial charge on any atom is 0.335 e. The number of carbonyl (C=O) groups is 1. The van der Waals surface area contributed by atoms with Crippen molar-refractivity contribution in [3.05, 3.63) is 107 Å². The molecular weight excluding hydrogens is 369 g/mol. The molecule has 0 radical (unpaired) electrons. The van der Waals surface area contributed by atoms with Gasteiger partial charge in [-0.05, 0) is 47.0 Å². The number of hydrogen-bond acceptors (Lipinski definition) is 2. The fourth-order valence-electron chi connectivity index (χ4n) is 3.53. The Morgan fingerprint density at radius 3 is 2.41 bits per heavy atom. The van der Waals surface area contributed by atoms with Gasteiger partial charge >= 0.3 is 5.97 Å². The van der Waals surface area contributed by atoms with Crippen molar-refractivity contribution >= 4 is 22.4 Å². The molecule has 144 valence electrons. The summed E-state index contributed by atoms with van der Waals surface area (Å²) in [4.78, 5) is 11.3. The van der Waals surface area contributed by atoms with Gasteiger partial charge < -0.3 is 14.8 Å². The maximum atomic E-state index is 13.3. The Hall–Kier alpha value is -3.86. The summed E-state index contributed by atoms with van der Waals surface area (Å²) in [6, 6.07) is 20.1. The van der Waals surface area contributed by atoms with Gasteiger partial charge in [-0.1, -0.05) is 49.0 Å². The van der Waals surface area contributed by atoms with Crippen LogP contribution in [0.25, 0.3) is 16.5 Å². The molecule has 0 fully saturated rings. The van der Waals surface area contributed by atoms with E-state index in [-0.39, 0.29) is 17.3 Å². The number of para-hydroxylation sites is 1. The number of nitrogens with zero attached hydrogens (tertiary/aromatic N) is 1. The van der Waals surface area contributed by atoms with Crippen molar-refractivity contribution in [1.82, 2.24) is 4.57 Å². The molecule has 29 heavy (non-hydrogen) atoms. The standard InChI is InChI=1S/C24H18FNO3/c1-15(17-9-11-19(25)12-10-17)22-20-7-2-3-8-21(20)26(23(22)27)14-16-5-4-6-18(13-16)24(28)29/h2-13,27H,1,14H2,(H,28,29). The lowest BCUT2D eigenvalue weighted by molar-refractivity contribution is 0.0696. The lowest BCUT2D eigenvalue weighted by atomic mass is 9.98. The van der Waals surface area contributed by atoms with Crippen molar-refractivity contribution in [2.45, 2.75) is 6.54 Å². The van der Waals surface area contributed by atoms with Gasteiger partial charge in [0.15, 0.2) is 5.88 Å². The summed E-state index contributed by atoms with van der Waals surface area (Å²) >= 11 is 0. The summed E-state index contributed by atoms with van der Waals surface area (Å²) in [7, 11) is 0. The van der Waals surface area contributed by atoms with Crippen LogP contribution in [-0.4, -0.2) is 20.7 Å². The van der Waals surface area contributed by atoms with Crippen molar-refractivity contribution in [1.29, 1.82) is 0 Å². The van der Waals surface area contributed by atoms with Gasteiger partial charge in [-0.25, -0.2) is 9.18 Å². The number of aromatic carboxylic acids is 1. The molecule has 2 N–H and O–H groups in total. The third kappa shape index (κ3) is 3.38. The third-order valence-electron chi connectivity index (χ3n) is 4.95. The van der Waals surface area contributed by atoms with Crippen molar-refractivity contribution < 1.29 is 19.4 Å². The number of aromatic nitrogens is 1. The zero-order valence-corrected chi connectivity index (χ0v) is 15.5. The second-order valence-electron chi connectivity index (χ2n) is 6.79. The Balaban J connectivity index is 1.83. The fraction of sp³-hybridized carbons (Fsp3) is 0.0417. The van der Waals surface area contributed by atoms with Crippen molar-refractivity contribution in [3.63, 3.8) is 0 Å². The van der Waals surface area contributed by atoms with E-state index in [0.717, 1.165) is 16.5 Å². The summed E-state index contributed by atoms with van der Waals surface area (Å²) in [5.74, 6) is -1.31. The van der Waals surface area contributed by atoms with Crippen LogP contribution in [0.5, 0.6) is 5.88 Å².